The molecule has 0 bridgehead atoms. The molecular formula is C19H14FN3OS. The summed E-state index contributed by atoms with van der Waals surface area (Å²) in [5.41, 5.74) is 2.26. The standard InChI is InChI=1S/C19H14FN3OS/c1-13-10-18(24-17-9-5-4-8-16(17)20)23-19(22-13)25-12-15-7-3-2-6-14(15)11-21/h2-10H,12H2,1H3. The van der Waals surface area contributed by atoms with Gasteiger partial charge in [-0.2, -0.15) is 10.2 Å². The van der Waals surface area contributed by atoms with E-state index in [1.165, 1.54) is 17.8 Å². The number of hydrogen-bond acceptors (Lipinski definition) is 5. The van der Waals surface area contributed by atoms with Crippen LogP contribution in [0.3, 0.4) is 0 Å². The van der Waals surface area contributed by atoms with E-state index in [4.69, 9.17) is 10.00 Å². The third-order valence-electron chi connectivity index (χ3n) is 3.36. The Hall–Kier alpha value is -2.91. The van der Waals surface area contributed by atoms with Crippen molar-refractivity contribution in [3.63, 3.8) is 0 Å². The van der Waals surface area contributed by atoms with Gasteiger partial charge in [0.05, 0.1) is 11.6 Å². The zero-order chi connectivity index (χ0) is 17.6. The van der Waals surface area contributed by atoms with Crippen molar-refractivity contribution in [3.05, 3.63) is 77.2 Å². The van der Waals surface area contributed by atoms with Crippen molar-refractivity contribution < 1.29 is 9.13 Å². The fourth-order valence-corrected chi connectivity index (χ4v) is 3.07. The highest BCUT2D eigenvalue weighted by Crippen LogP contribution is 2.27. The Kier molecular flexibility index (Phi) is 5.26. The molecule has 1 heterocycles. The number of rotatable bonds is 5. The molecule has 0 aliphatic heterocycles. The zero-order valence-electron chi connectivity index (χ0n) is 13.4. The van der Waals surface area contributed by atoms with Gasteiger partial charge in [-0.05, 0) is 30.7 Å². The summed E-state index contributed by atoms with van der Waals surface area (Å²) in [4.78, 5) is 8.68. The predicted octanol–water partition coefficient (Wildman–Crippen LogP) is 4.88. The summed E-state index contributed by atoms with van der Waals surface area (Å²) in [5, 5.41) is 9.66. The molecule has 3 aromatic rings. The Bertz CT molecular complexity index is 940. The van der Waals surface area contributed by atoms with Crippen molar-refractivity contribution in [1.29, 1.82) is 5.26 Å². The maximum Gasteiger partial charge on any atom is 0.223 e. The van der Waals surface area contributed by atoms with Crippen LogP contribution in [-0.4, -0.2) is 9.97 Å². The number of para-hydroxylation sites is 1. The van der Waals surface area contributed by atoms with Gasteiger partial charge in [-0.25, -0.2) is 9.37 Å². The van der Waals surface area contributed by atoms with Crippen molar-refractivity contribution in [2.75, 3.05) is 0 Å². The van der Waals surface area contributed by atoms with E-state index < -0.39 is 5.82 Å². The molecule has 0 atom stereocenters. The van der Waals surface area contributed by atoms with Crippen molar-refractivity contribution in [2.24, 2.45) is 0 Å². The number of hydrogen-bond donors (Lipinski definition) is 0. The number of nitriles is 1. The van der Waals surface area contributed by atoms with E-state index in [0.717, 1.165) is 11.3 Å². The Morgan fingerprint density at radius 2 is 1.88 bits per heavy atom. The second kappa shape index (κ2) is 7.77. The number of aromatic nitrogens is 2. The lowest BCUT2D eigenvalue weighted by Gasteiger charge is -2.08. The number of ether oxygens (including phenoxy) is 1. The van der Waals surface area contributed by atoms with Crippen molar-refractivity contribution in [1.82, 2.24) is 9.97 Å². The third-order valence-corrected chi connectivity index (χ3v) is 4.25. The van der Waals surface area contributed by atoms with Crippen molar-refractivity contribution >= 4 is 11.8 Å². The van der Waals surface area contributed by atoms with E-state index in [-0.39, 0.29) is 11.6 Å². The molecule has 6 heteroatoms. The molecule has 1 aromatic heterocycles. The molecule has 4 nitrogen and oxygen atoms in total. The van der Waals surface area contributed by atoms with E-state index in [2.05, 4.69) is 16.0 Å². The average Bonchev–Trinajstić information content (AvgIpc) is 2.62. The maximum atomic E-state index is 13.7. The molecule has 3 rings (SSSR count). The number of nitrogens with zero attached hydrogens (tertiary/aromatic N) is 3. The van der Waals surface area contributed by atoms with Crippen LogP contribution >= 0.6 is 11.8 Å². The summed E-state index contributed by atoms with van der Waals surface area (Å²) in [6, 6.07) is 17.4. The van der Waals surface area contributed by atoms with Crippen molar-refractivity contribution in [2.45, 2.75) is 17.8 Å². The number of thioether (sulfide) groups is 1. The molecule has 0 fully saturated rings. The quantitative estimate of drug-likeness (QED) is 0.484. The SMILES string of the molecule is Cc1cc(Oc2ccccc2F)nc(SCc2ccccc2C#N)n1. The van der Waals surface area contributed by atoms with Gasteiger partial charge >= 0.3 is 0 Å². The summed E-state index contributed by atoms with van der Waals surface area (Å²) < 4.78 is 19.3. The molecule has 0 unspecified atom stereocenters. The van der Waals surface area contributed by atoms with Gasteiger partial charge in [-0.15, -0.1) is 0 Å². The fraction of sp³-hybridized carbons (Fsp3) is 0.105. The second-order valence-corrected chi connectivity index (χ2v) is 6.16. The van der Waals surface area contributed by atoms with Crippen LogP contribution in [0.25, 0.3) is 0 Å². The topological polar surface area (TPSA) is 58.8 Å². The number of halogens is 1. The lowest BCUT2D eigenvalue weighted by atomic mass is 10.1. The minimum atomic E-state index is -0.448. The average molecular weight is 351 g/mol. The summed E-state index contributed by atoms with van der Waals surface area (Å²) in [5.74, 6) is 0.516. The Morgan fingerprint density at radius 3 is 2.68 bits per heavy atom. The van der Waals surface area contributed by atoms with Crippen LogP contribution < -0.4 is 4.74 Å². The third kappa shape index (κ3) is 4.34. The lowest BCUT2D eigenvalue weighted by molar-refractivity contribution is 0.421. The van der Waals surface area contributed by atoms with Crippen LogP contribution in [0.5, 0.6) is 11.6 Å². The molecule has 0 saturated heterocycles. The first-order chi connectivity index (χ1) is 12.2. The maximum absolute atomic E-state index is 13.7. The molecule has 25 heavy (non-hydrogen) atoms. The normalized spacial score (nSPS) is 10.3. The highest BCUT2D eigenvalue weighted by atomic mass is 32.2. The van der Waals surface area contributed by atoms with Crippen molar-refractivity contribution in [3.8, 4) is 17.7 Å². The predicted molar refractivity (Wildman–Crippen MR) is 94.0 cm³/mol. The Balaban J connectivity index is 1.78. The van der Waals surface area contributed by atoms with Crippen LogP contribution in [-0.2, 0) is 5.75 Å². The molecule has 0 N–H and O–H groups in total. The number of benzene rings is 2. The van der Waals surface area contributed by atoms with Crippen LogP contribution in [0.4, 0.5) is 4.39 Å². The molecule has 0 aliphatic rings. The number of aryl methyl sites for hydroxylation is 1. The van der Waals surface area contributed by atoms with Gasteiger partial charge in [0, 0.05) is 17.5 Å². The van der Waals surface area contributed by atoms with Crippen LogP contribution in [0.1, 0.15) is 16.8 Å². The largest absolute Gasteiger partial charge is 0.436 e. The minimum absolute atomic E-state index is 0.117. The fourth-order valence-electron chi connectivity index (χ4n) is 2.17. The van der Waals surface area contributed by atoms with E-state index in [9.17, 15) is 4.39 Å². The van der Waals surface area contributed by atoms with Gasteiger partial charge in [-0.1, -0.05) is 42.1 Å². The van der Waals surface area contributed by atoms with Crippen LogP contribution in [0.2, 0.25) is 0 Å². The lowest BCUT2D eigenvalue weighted by Crippen LogP contribution is -1.97. The Labute approximate surface area is 149 Å². The van der Waals surface area contributed by atoms with Crippen LogP contribution in [0.15, 0.2) is 59.8 Å². The molecule has 0 amide bonds. The first kappa shape index (κ1) is 16.9. The van der Waals surface area contributed by atoms with Gasteiger partial charge in [0.15, 0.2) is 16.7 Å². The van der Waals surface area contributed by atoms with E-state index in [1.54, 1.807) is 30.3 Å². The zero-order valence-corrected chi connectivity index (χ0v) is 14.3. The van der Waals surface area contributed by atoms with Gasteiger partial charge in [0.2, 0.25) is 5.88 Å². The minimum Gasteiger partial charge on any atom is -0.436 e. The van der Waals surface area contributed by atoms with Gasteiger partial charge in [0.1, 0.15) is 0 Å². The van der Waals surface area contributed by atoms with Crippen LogP contribution in [0, 0.1) is 24.1 Å². The first-order valence-corrected chi connectivity index (χ1v) is 8.53. The molecular weight excluding hydrogens is 337 g/mol. The molecule has 0 aliphatic carbocycles. The summed E-state index contributed by atoms with van der Waals surface area (Å²) >= 11 is 1.40. The molecule has 0 spiro atoms. The highest BCUT2D eigenvalue weighted by Gasteiger charge is 2.09. The summed E-state index contributed by atoms with van der Waals surface area (Å²) in [6.45, 7) is 1.82. The highest BCUT2D eigenvalue weighted by molar-refractivity contribution is 7.98. The van der Waals surface area contributed by atoms with E-state index in [1.807, 2.05) is 25.1 Å². The Morgan fingerprint density at radius 1 is 1.12 bits per heavy atom. The molecule has 0 radical (unpaired) electrons. The molecule has 2 aromatic carbocycles. The van der Waals surface area contributed by atoms with Gasteiger partial charge in [-0.3, -0.25) is 0 Å². The first-order valence-electron chi connectivity index (χ1n) is 7.54. The smallest absolute Gasteiger partial charge is 0.223 e. The summed E-state index contributed by atoms with van der Waals surface area (Å²) in [6.07, 6.45) is 0. The summed E-state index contributed by atoms with van der Waals surface area (Å²) in [7, 11) is 0. The monoisotopic (exact) mass is 351 g/mol. The molecule has 124 valence electrons. The van der Waals surface area contributed by atoms with E-state index >= 15 is 0 Å². The molecule has 0 saturated carbocycles. The van der Waals surface area contributed by atoms with Gasteiger partial charge in [0.25, 0.3) is 0 Å². The van der Waals surface area contributed by atoms with E-state index in [0.29, 0.717) is 16.5 Å². The second-order valence-electron chi connectivity index (χ2n) is 5.22. The van der Waals surface area contributed by atoms with Gasteiger partial charge < -0.3 is 4.74 Å².